The molecule has 2 heterocycles. The number of Topliss-reactive ketones (excluding diaryl/α,β-unsaturated/α-hetero) is 2. The number of ether oxygens (including phenoxy) is 3. The maximum atomic E-state index is 13.7. The number of aliphatic hydroxyl groups is 10. The Morgan fingerprint density at radius 2 is 1.61 bits per heavy atom. The van der Waals surface area contributed by atoms with Crippen LogP contribution in [0.25, 0.3) is 5.76 Å². The van der Waals surface area contributed by atoms with Gasteiger partial charge >= 0.3 is 5.97 Å². The van der Waals surface area contributed by atoms with Crippen molar-refractivity contribution in [1.82, 2.24) is 10.2 Å². The lowest BCUT2D eigenvalue weighted by molar-refractivity contribution is -0.336. The van der Waals surface area contributed by atoms with Crippen molar-refractivity contribution in [2.75, 3.05) is 20.7 Å². The number of nitrogens with two attached hydrogens (primary N) is 1. The molecule has 23 nitrogen and oxygen atoms in total. The van der Waals surface area contributed by atoms with E-state index in [-0.39, 0.29) is 17.5 Å². The summed E-state index contributed by atoms with van der Waals surface area (Å²) < 4.78 is 15.3. The van der Waals surface area contributed by atoms with Gasteiger partial charge in [-0.2, -0.15) is 0 Å². The molecule has 15 N–H and O–H groups in total. The summed E-state index contributed by atoms with van der Waals surface area (Å²) in [5.41, 5.74) is -0.548. The number of nitrogens with zero attached hydrogens (tertiary/aromatic N) is 1. The van der Waals surface area contributed by atoms with Crippen LogP contribution in [0.3, 0.4) is 0 Å². The van der Waals surface area contributed by atoms with Crippen LogP contribution in [0, 0.1) is 11.8 Å². The molecule has 2 aliphatic heterocycles. The standard InChI is InChI=1S/C22H24N2O8.C14H23NO12/c1-21(31)8-5-4-6-11(25)12(8)16(26)13-9(21)7-10-15(24(2)3)17(27)14(20(23)30)19(29)22(10,32)18(13)28;1-3(17)15-5-10(6(18)4(2-16)25-13(5)24)26-14-9(21)7(19)8(20)11(27-14)12(22)23/h4-6,9-10,15,25-26,29,31-32H,7H2,1-3H3,(H2,23,30);4-11,13-14,16,18-21,24H,2H2,1H3,(H,15,17)(H,22,23)/t9-,10-,15-,21+,22-;4-,5-,6-,7+,8+,9-,10-,11+,13-,14-/m01/s1. The minimum atomic E-state index is -2.75. The van der Waals surface area contributed by atoms with E-state index >= 15 is 0 Å². The van der Waals surface area contributed by atoms with E-state index in [4.69, 9.17) is 25.1 Å². The van der Waals surface area contributed by atoms with Gasteiger partial charge in [0.25, 0.3) is 5.91 Å². The van der Waals surface area contributed by atoms with Crippen LogP contribution in [-0.2, 0) is 43.8 Å². The topological polar surface area (TPSA) is 397 Å². The molecule has 0 unspecified atom stereocenters. The Labute approximate surface area is 333 Å². The number of aliphatic carboxylic acids is 1. The lowest BCUT2D eigenvalue weighted by Gasteiger charge is -2.53. The largest absolute Gasteiger partial charge is 0.508 e. The van der Waals surface area contributed by atoms with E-state index in [0.29, 0.717) is 0 Å². The highest BCUT2D eigenvalue weighted by Crippen LogP contribution is 2.57. The van der Waals surface area contributed by atoms with Gasteiger partial charge in [0.05, 0.1) is 23.8 Å². The number of nitrogens with one attached hydrogen (secondary N) is 1. The van der Waals surface area contributed by atoms with Crippen LogP contribution in [0.5, 0.6) is 5.75 Å². The third-order valence-corrected chi connectivity index (χ3v) is 11.4. The minimum absolute atomic E-state index is 0.170. The molecule has 23 heteroatoms. The second kappa shape index (κ2) is 16.4. The van der Waals surface area contributed by atoms with E-state index < -0.39 is 155 Å². The van der Waals surface area contributed by atoms with Crippen molar-refractivity contribution in [2.24, 2.45) is 17.6 Å². The third-order valence-electron chi connectivity index (χ3n) is 11.4. The molecular weight excluding hydrogens is 794 g/mol. The van der Waals surface area contributed by atoms with Gasteiger partial charge in [-0.15, -0.1) is 0 Å². The zero-order chi connectivity index (χ0) is 44.4. The highest BCUT2D eigenvalue weighted by molar-refractivity contribution is 6.24. The molecule has 2 saturated heterocycles. The normalized spacial score (nSPS) is 39.4. The van der Waals surface area contributed by atoms with Gasteiger partial charge in [-0.3, -0.25) is 24.1 Å². The molecule has 1 aromatic carbocycles. The van der Waals surface area contributed by atoms with Gasteiger partial charge in [0, 0.05) is 24.3 Å². The maximum absolute atomic E-state index is 13.7. The molecule has 59 heavy (non-hydrogen) atoms. The highest BCUT2D eigenvalue weighted by Gasteiger charge is 2.66. The number of benzene rings is 1. The Hall–Kier alpha value is -4.63. The number of hydrogen-bond acceptors (Lipinski definition) is 20. The average molecular weight is 842 g/mol. The second-order valence-electron chi connectivity index (χ2n) is 15.3. The predicted molar refractivity (Wildman–Crippen MR) is 191 cm³/mol. The smallest absolute Gasteiger partial charge is 0.335 e. The molecule has 1 aromatic rings. The molecule has 326 valence electrons. The summed E-state index contributed by atoms with van der Waals surface area (Å²) in [5, 5.41) is 125. The average Bonchev–Trinajstić information content (AvgIpc) is 3.14. The van der Waals surface area contributed by atoms with Crippen molar-refractivity contribution in [1.29, 1.82) is 0 Å². The number of hydrogen-bond donors (Lipinski definition) is 14. The number of phenols is 1. The third kappa shape index (κ3) is 7.46. The van der Waals surface area contributed by atoms with E-state index in [1.54, 1.807) is 0 Å². The summed E-state index contributed by atoms with van der Waals surface area (Å²) in [4.78, 5) is 62.5. The highest BCUT2D eigenvalue weighted by atomic mass is 16.7. The number of phenolic OH excluding ortho intramolecular Hbond substituents is 1. The van der Waals surface area contributed by atoms with E-state index in [1.807, 2.05) is 0 Å². The molecule has 1 saturated carbocycles. The van der Waals surface area contributed by atoms with E-state index in [9.17, 15) is 80.1 Å². The van der Waals surface area contributed by atoms with Gasteiger partial charge in [0.1, 0.15) is 65.5 Å². The fourth-order valence-corrected chi connectivity index (χ4v) is 8.46. The van der Waals surface area contributed by atoms with Gasteiger partial charge in [0.2, 0.25) is 11.7 Å². The number of carbonyl (C=O) groups is 5. The van der Waals surface area contributed by atoms with Crippen LogP contribution in [0.2, 0.25) is 0 Å². The van der Waals surface area contributed by atoms with Gasteiger partial charge in [-0.1, -0.05) is 12.1 Å². The summed E-state index contributed by atoms with van der Waals surface area (Å²) >= 11 is 0. The fourth-order valence-electron chi connectivity index (χ4n) is 8.46. The van der Waals surface area contributed by atoms with E-state index in [0.717, 1.165) is 6.92 Å². The molecule has 6 rings (SSSR count). The first-order valence-electron chi connectivity index (χ1n) is 18.0. The molecule has 0 bridgehead atoms. The van der Waals surface area contributed by atoms with Crippen molar-refractivity contribution in [3.63, 3.8) is 0 Å². The van der Waals surface area contributed by atoms with Crippen LogP contribution in [0.4, 0.5) is 0 Å². The first kappa shape index (κ1) is 45.5. The molecule has 3 aliphatic carbocycles. The minimum Gasteiger partial charge on any atom is -0.508 e. The summed E-state index contributed by atoms with van der Waals surface area (Å²) in [6.07, 6.45) is -16.0. The lowest BCUT2D eigenvalue weighted by Crippen LogP contribution is -2.67. The Bertz CT molecular complexity index is 1950. The van der Waals surface area contributed by atoms with Crippen LogP contribution >= 0.6 is 0 Å². The Balaban J connectivity index is 0.000000228. The Morgan fingerprint density at radius 1 is 0.983 bits per heavy atom. The molecular formula is C36H47N3O20. The predicted octanol–water partition coefficient (Wildman–Crippen LogP) is -5.53. The Kier molecular flexibility index (Phi) is 12.7. The van der Waals surface area contributed by atoms with Crippen LogP contribution < -0.4 is 11.1 Å². The van der Waals surface area contributed by atoms with Crippen molar-refractivity contribution in [3.05, 3.63) is 46.2 Å². The second-order valence-corrected chi connectivity index (χ2v) is 15.3. The maximum Gasteiger partial charge on any atom is 0.335 e. The number of likely N-dealkylation sites (N-methyl/N-ethyl adjacent to an activating group) is 1. The molecule has 0 aromatic heterocycles. The number of fused-ring (bicyclic) bond motifs is 3. The van der Waals surface area contributed by atoms with Gasteiger partial charge in [-0.25, -0.2) is 4.79 Å². The number of primary amides is 1. The molecule has 0 radical (unpaired) electrons. The first-order valence-corrected chi connectivity index (χ1v) is 18.0. The van der Waals surface area contributed by atoms with Crippen LogP contribution in [-0.4, -0.2) is 189 Å². The van der Waals surface area contributed by atoms with Gasteiger partial charge < -0.3 is 86.5 Å². The lowest BCUT2D eigenvalue weighted by atomic mass is 9.54. The Morgan fingerprint density at radius 3 is 2.15 bits per heavy atom. The number of rotatable bonds is 7. The van der Waals surface area contributed by atoms with Gasteiger partial charge in [0.15, 0.2) is 30.1 Å². The molecule has 5 aliphatic rings. The zero-order valence-corrected chi connectivity index (χ0v) is 31.8. The van der Waals surface area contributed by atoms with Crippen molar-refractivity contribution >= 4 is 35.1 Å². The van der Waals surface area contributed by atoms with Crippen molar-refractivity contribution in [2.45, 2.75) is 98.9 Å². The number of aromatic hydroxyl groups is 1. The zero-order valence-electron chi connectivity index (χ0n) is 31.8. The van der Waals surface area contributed by atoms with E-state index in [2.05, 4.69) is 5.32 Å². The SMILES string of the molecule is CC(=O)N[C@@H]1[C@@H](O[C@@H]2O[C@H](C(=O)O)[C@@H](O)[C@H](O)[C@H]2O)[C@H](O)[C@@H](CO)O[C@H]1O.CN(C)[C@@H]1C(=O)C(C(N)=O)=C(O)[C@@]2(O)C(=O)C3=C(O)c4c(O)cccc4[C@@](C)(O)[C@H]3C[C@@H]12. The monoisotopic (exact) mass is 841 g/mol. The number of carbonyl (C=O) groups excluding carboxylic acids is 4. The summed E-state index contributed by atoms with van der Waals surface area (Å²) in [6, 6.07) is 1.64. The van der Waals surface area contributed by atoms with Crippen molar-refractivity contribution < 1.29 is 99.5 Å². The molecule has 0 spiro atoms. The number of aliphatic hydroxyl groups excluding tert-OH is 8. The molecule has 2 amide bonds. The number of carboxylic acid groups (broad SMARTS) is 1. The number of amides is 2. The summed E-state index contributed by atoms with van der Waals surface area (Å²) in [5.74, 6) is -10.2. The van der Waals surface area contributed by atoms with Crippen LogP contribution in [0.1, 0.15) is 31.4 Å². The quantitative estimate of drug-likeness (QED) is 0.114. The van der Waals surface area contributed by atoms with Crippen LogP contribution in [0.15, 0.2) is 35.1 Å². The number of carboxylic acids is 1. The van der Waals surface area contributed by atoms with Crippen molar-refractivity contribution in [3.8, 4) is 5.75 Å². The summed E-state index contributed by atoms with van der Waals surface area (Å²) in [6.45, 7) is 1.79. The number of ketones is 2. The fraction of sp³-hybridized carbons (Fsp3) is 0.583. The van der Waals surface area contributed by atoms with Gasteiger partial charge in [-0.05, 0) is 39.1 Å². The first-order chi connectivity index (χ1) is 27.4. The van der Waals surface area contributed by atoms with E-state index in [1.165, 1.54) is 44.1 Å². The molecule has 3 fully saturated rings. The summed E-state index contributed by atoms with van der Waals surface area (Å²) in [7, 11) is 3.01. The molecule has 15 atom stereocenters.